The van der Waals surface area contributed by atoms with Crippen molar-refractivity contribution in [1.29, 1.82) is 0 Å². The minimum Gasteiger partial charge on any atom is -0.478 e. The van der Waals surface area contributed by atoms with Gasteiger partial charge in [0, 0.05) is 29.8 Å². The molecule has 3 aromatic rings. The summed E-state index contributed by atoms with van der Waals surface area (Å²) in [5.74, 6) is -0.955. The molecule has 0 spiro atoms. The Hall–Kier alpha value is -3.23. The Morgan fingerprint density at radius 2 is 1.97 bits per heavy atom. The van der Waals surface area contributed by atoms with Crippen LogP contribution in [0.5, 0.6) is 0 Å². The van der Waals surface area contributed by atoms with E-state index in [0.717, 1.165) is 33.9 Å². The number of thiocarbonyl (C=S) groups is 1. The minimum absolute atomic E-state index is 0.0221. The highest BCUT2D eigenvalue weighted by Crippen LogP contribution is 2.41. The fourth-order valence-corrected chi connectivity index (χ4v) is 4.87. The molecule has 1 aliphatic rings. The zero-order valence-corrected chi connectivity index (χ0v) is 19.1. The molecule has 1 saturated heterocycles. The molecule has 0 amide bonds. The van der Waals surface area contributed by atoms with Gasteiger partial charge < -0.3 is 25.0 Å². The number of rotatable bonds is 6. The average Bonchev–Trinajstić information content (AvgIpc) is 3.25. The number of benzene rings is 1. The van der Waals surface area contributed by atoms with E-state index in [9.17, 15) is 15.0 Å². The van der Waals surface area contributed by atoms with E-state index in [1.165, 1.54) is 0 Å². The Bertz CT molecular complexity index is 1180. The number of aliphatic hydroxyl groups excluding tert-OH is 1. The molecule has 2 atom stereocenters. The predicted molar refractivity (Wildman–Crippen MR) is 126 cm³/mol. The first-order valence-corrected chi connectivity index (χ1v) is 10.9. The number of carbonyl (C=O) groups is 1. The summed E-state index contributed by atoms with van der Waals surface area (Å²) < 4.78 is 2.09. The molecule has 166 valence electrons. The van der Waals surface area contributed by atoms with Crippen molar-refractivity contribution in [3.63, 3.8) is 0 Å². The molecule has 1 aromatic carbocycles. The summed E-state index contributed by atoms with van der Waals surface area (Å²) in [6.07, 6.45) is 1.76. The van der Waals surface area contributed by atoms with Gasteiger partial charge in [-0.3, -0.25) is 4.98 Å². The summed E-state index contributed by atoms with van der Waals surface area (Å²) in [5.41, 5.74) is 5.97. The number of nitrogens with one attached hydrogen (secondary N) is 1. The lowest BCUT2D eigenvalue weighted by Gasteiger charge is -2.27. The molecule has 3 N–H and O–H groups in total. The Kier molecular flexibility index (Phi) is 5.99. The second-order valence-corrected chi connectivity index (χ2v) is 8.40. The second kappa shape index (κ2) is 8.72. The topological polar surface area (TPSA) is 90.6 Å². The first kappa shape index (κ1) is 22.0. The maximum absolute atomic E-state index is 11.6. The van der Waals surface area contributed by atoms with Crippen LogP contribution in [0.3, 0.4) is 0 Å². The predicted octanol–water partition coefficient (Wildman–Crippen LogP) is 3.46. The molecular formula is C24H26N4O3S. The van der Waals surface area contributed by atoms with Gasteiger partial charge in [-0.15, -0.1) is 0 Å². The maximum Gasteiger partial charge on any atom is 0.335 e. The monoisotopic (exact) mass is 450 g/mol. The third kappa shape index (κ3) is 3.76. The molecule has 32 heavy (non-hydrogen) atoms. The summed E-state index contributed by atoms with van der Waals surface area (Å²) in [6.45, 7) is 6.39. The van der Waals surface area contributed by atoms with Gasteiger partial charge in [-0.25, -0.2) is 4.79 Å². The van der Waals surface area contributed by atoms with Crippen molar-refractivity contribution in [2.75, 3.05) is 13.2 Å². The van der Waals surface area contributed by atoms with Gasteiger partial charge in [0.2, 0.25) is 0 Å². The first-order chi connectivity index (χ1) is 15.3. The quantitative estimate of drug-likeness (QED) is 0.496. The van der Waals surface area contributed by atoms with E-state index in [4.69, 9.17) is 12.2 Å². The van der Waals surface area contributed by atoms with Crippen LogP contribution in [0.15, 0.2) is 48.7 Å². The SMILES string of the molecule is Cc1ccc(C(=O)O)cc1-n1c(C)cc([C@H]2[C@H](c3ccccn3)NC(=S)N2CCO)c1C. The highest BCUT2D eigenvalue weighted by Gasteiger charge is 2.41. The van der Waals surface area contributed by atoms with E-state index in [-0.39, 0.29) is 24.3 Å². The number of hydrogen-bond donors (Lipinski definition) is 3. The van der Waals surface area contributed by atoms with Crippen LogP contribution >= 0.6 is 12.2 Å². The van der Waals surface area contributed by atoms with E-state index in [1.807, 2.05) is 49.9 Å². The van der Waals surface area contributed by atoms with Crippen molar-refractivity contribution in [1.82, 2.24) is 19.8 Å². The molecule has 3 heterocycles. The number of aliphatic hydroxyl groups is 1. The van der Waals surface area contributed by atoms with Crippen LogP contribution in [0.1, 0.15) is 50.7 Å². The Labute approximate surface area is 192 Å². The van der Waals surface area contributed by atoms with E-state index < -0.39 is 5.97 Å². The third-order valence-electron chi connectivity index (χ3n) is 6.02. The molecule has 0 bridgehead atoms. The summed E-state index contributed by atoms with van der Waals surface area (Å²) in [7, 11) is 0. The first-order valence-electron chi connectivity index (χ1n) is 10.5. The third-order valence-corrected chi connectivity index (χ3v) is 6.38. The molecule has 2 aromatic heterocycles. The largest absolute Gasteiger partial charge is 0.478 e. The highest BCUT2D eigenvalue weighted by molar-refractivity contribution is 7.80. The van der Waals surface area contributed by atoms with Crippen molar-refractivity contribution in [3.05, 3.63) is 82.4 Å². The minimum atomic E-state index is -0.955. The zero-order chi connectivity index (χ0) is 23.0. The van der Waals surface area contributed by atoms with Gasteiger partial charge >= 0.3 is 5.97 Å². The van der Waals surface area contributed by atoms with Gasteiger partial charge in [0.1, 0.15) is 0 Å². The number of pyridine rings is 1. The molecule has 4 rings (SSSR count). The lowest BCUT2D eigenvalue weighted by atomic mass is 9.97. The number of aromatic carboxylic acids is 1. The smallest absolute Gasteiger partial charge is 0.335 e. The van der Waals surface area contributed by atoms with Crippen LogP contribution < -0.4 is 5.32 Å². The van der Waals surface area contributed by atoms with E-state index in [2.05, 4.69) is 20.9 Å². The zero-order valence-electron chi connectivity index (χ0n) is 18.2. The molecule has 0 radical (unpaired) electrons. The number of carboxylic acids is 1. The number of β-amino-alcohol motifs (C(OH)–C–C–N with tert-alkyl or cyclic N) is 1. The number of hydrogen-bond acceptors (Lipinski definition) is 4. The van der Waals surface area contributed by atoms with Crippen molar-refractivity contribution in [2.24, 2.45) is 0 Å². The number of carboxylic acid groups (broad SMARTS) is 1. The standard InChI is InChI=1S/C24H26N4O3S/c1-14-7-8-17(23(30)31)13-20(14)28-15(2)12-18(16(28)3)22-21(19-6-4-5-9-25-19)26-24(32)27(22)10-11-29/h4-9,12-13,21-22,29H,10-11H2,1-3H3,(H,26,32)(H,30,31)/t21-,22-/m0/s1. The van der Waals surface area contributed by atoms with Crippen LogP contribution in [-0.2, 0) is 0 Å². The van der Waals surface area contributed by atoms with Crippen molar-refractivity contribution < 1.29 is 15.0 Å². The van der Waals surface area contributed by atoms with Crippen LogP contribution in [0.4, 0.5) is 0 Å². The number of aryl methyl sites for hydroxylation is 2. The summed E-state index contributed by atoms with van der Waals surface area (Å²) >= 11 is 5.61. The average molecular weight is 451 g/mol. The molecule has 0 saturated carbocycles. The van der Waals surface area contributed by atoms with Crippen LogP contribution in [0.2, 0.25) is 0 Å². The fourth-order valence-electron chi connectivity index (χ4n) is 4.53. The summed E-state index contributed by atoms with van der Waals surface area (Å²) in [6, 6.07) is 12.7. The fraction of sp³-hybridized carbons (Fsp3) is 0.292. The van der Waals surface area contributed by atoms with Crippen molar-refractivity contribution >= 4 is 23.3 Å². The van der Waals surface area contributed by atoms with Gasteiger partial charge in [-0.2, -0.15) is 0 Å². The molecule has 1 aliphatic heterocycles. The molecule has 8 heteroatoms. The van der Waals surface area contributed by atoms with Gasteiger partial charge in [-0.05, 0) is 74.4 Å². The van der Waals surface area contributed by atoms with E-state index in [0.29, 0.717) is 11.7 Å². The summed E-state index contributed by atoms with van der Waals surface area (Å²) in [4.78, 5) is 18.1. The van der Waals surface area contributed by atoms with Crippen molar-refractivity contribution in [3.8, 4) is 5.69 Å². The number of nitrogens with zero attached hydrogens (tertiary/aromatic N) is 3. The van der Waals surface area contributed by atoms with Gasteiger partial charge in [0.05, 0.1) is 29.9 Å². The van der Waals surface area contributed by atoms with Gasteiger partial charge in [0.15, 0.2) is 5.11 Å². The maximum atomic E-state index is 11.6. The van der Waals surface area contributed by atoms with Gasteiger partial charge in [0.25, 0.3) is 0 Å². The molecule has 1 fully saturated rings. The van der Waals surface area contributed by atoms with Crippen LogP contribution in [0, 0.1) is 20.8 Å². The summed E-state index contributed by atoms with van der Waals surface area (Å²) in [5, 5.41) is 23.1. The lowest BCUT2D eigenvalue weighted by Crippen LogP contribution is -2.32. The van der Waals surface area contributed by atoms with E-state index >= 15 is 0 Å². The van der Waals surface area contributed by atoms with Crippen molar-refractivity contribution in [2.45, 2.75) is 32.9 Å². The molecule has 7 nitrogen and oxygen atoms in total. The van der Waals surface area contributed by atoms with Gasteiger partial charge in [-0.1, -0.05) is 12.1 Å². The Balaban J connectivity index is 1.86. The highest BCUT2D eigenvalue weighted by atomic mass is 32.1. The Morgan fingerprint density at radius 3 is 2.62 bits per heavy atom. The lowest BCUT2D eigenvalue weighted by molar-refractivity contribution is 0.0697. The van der Waals surface area contributed by atoms with E-state index in [1.54, 1.807) is 18.3 Å². The Morgan fingerprint density at radius 1 is 1.19 bits per heavy atom. The van der Waals surface area contributed by atoms with Crippen LogP contribution in [0.25, 0.3) is 5.69 Å². The normalized spacial score (nSPS) is 18.1. The molecule has 0 unspecified atom stereocenters. The molecular weight excluding hydrogens is 424 g/mol. The molecule has 0 aliphatic carbocycles. The number of aromatic nitrogens is 2. The second-order valence-electron chi connectivity index (χ2n) is 8.01. The van der Waals surface area contributed by atoms with Crippen LogP contribution in [-0.4, -0.2) is 48.9 Å².